The quantitative estimate of drug-likeness (QED) is 0.370. The summed E-state index contributed by atoms with van der Waals surface area (Å²) in [5, 5.41) is 13.1. The number of amides is 1. The molecule has 1 aromatic heterocycles. The van der Waals surface area contributed by atoms with Gasteiger partial charge in [0.2, 0.25) is 0 Å². The fraction of sp³-hybridized carbons (Fsp3) is 0.355. The molecular formula is C31H32FN3O3S2. The highest BCUT2D eigenvalue weighted by Crippen LogP contribution is 2.44. The first-order chi connectivity index (χ1) is 18.9. The SMILES string of the molecule is C=C(CN1Cc2cccc(C3CCc4c(sc(NC(=O)c5ccccc5F)c4C#N)C3)c2C1)S(=O)(=O)C(C)(C)C. The van der Waals surface area contributed by atoms with Crippen LogP contribution in [-0.4, -0.2) is 30.5 Å². The van der Waals surface area contributed by atoms with Gasteiger partial charge < -0.3 is 5.32 Å². The zero-order chi connectivity index (χ0) is 28.8. The lowest BCUT2D eigenvalue weighted by Gasteiger charge is -2.25. The fourth-order valence-corrected chi connectivity index (χ4v) is 8.14. The van der Waals surface area contributed by atoms with E-state index in [4.69, 9.17) is 0 Å². The Morgan fingerprint density at radius 1 is 1.18 bits per heavy atom. The van der Waals surface area contributed by atoms with Crippen LogP contribution in [0.4, 0.5) is 9.39 Å². The van der Waals surface area contributed by atoms with Crippen LogP contribution in [0.3, 0.4) is 0 Å². The standard InChI is InChI=1S/C31H32FN3O3S2/c1-19(40(37,38)31(2,3)4)16-35-17-21-8-7-10-22(26(21)18-35)20-12-13-23-25(15-33)30(39-28(23)14-20)34-29(36)24-9-5-6-11-27(24)32/h5-11,20H,1,12-14,16-18H2,2-4H3,(H,34,36). The van der Waals surface area contributed by atoms with Crippen molar-refractivity contribution in [3.05, 3.63) is 98.0 Å². The third kappa shape index (κ3) is 5.12. The molecule has 0 fully saturated rings. The van der Waals surface area contributed by atoms with Gasteiger partial charge in [0.05, 0.1) is 20.8 Å². The van der Waals surface area contributed by atoms with Gasteiger partial charge >= 0.3 is 0 Å². The largest absolute Gasteiger partial charge is 0.312 e. The van der Waals surface area contributed by atoms with Crippen LogP contribution >= 0.6 is 11.3 Å². The Morgan fingerprint density at radius 3 is 2.62 bits per heavy atom. The van der Waals surface area contributed by atoms with Gasteiger partial charge in [0.1, 0.15) is 16.9 Å². The molecule has 0 spiro atoms. The predicted molar refractivity (Wildman–Crippen MR) is 157 cm³/mol. The molecule has 3 aromatic rings. The summed E-state index contributed by atoms with van der Waals surface area (Å²) in [6.07, 6.45) is 2.31. The van der Waals surface area contributed by atoms with Crippen molar-refractivity contribution in [2.24, 2.45) is 0 Å². The van der Waals surface area contributed by atoms with Gasteiger partial charge in [0.25, 0.3) is 5.91 Å². The maximum atomic E-state index is 14.1. The van der Waals surface area contributed by atoms with Gasteiger partial charge in [-0.1, -0.05) is 36.9 Å². The molecule has 2 aliphatic rings. The number of carbonyl (C=O) groups excluding carboxylic acids is 1. The lowest BCUT2D eigenvalue weighted by Crippen LogP contribution is -2.33. The Balaban J connectivity index is 1.35. The molecule has 1 unspecified atom stereocenters. The smallest absolute Gasteiger partial charge is 0.259 e. The molecule has 0 saturated carbocycles. The lowest BCUT2D eigenvalue weighted by molar-refractivity contribution is 0.102. The normalized spacial score (nSPS) is 17.1. The second-order valence-electron chi connectivity index (χ2n) is 11.5. The topological polar surface area (TPSA) is 90.3 Å². The number of sulfone groups is 1. The van der Waals surface area contributed by atoms with E-state index in [0.717, 1.165) is 23.3 Å². The van der Waals surface area contributed by atoms with Crippen LogP contribution in [0.2, 0.25) is 0 Å². The second kappa shape index (κ2) is 10.6. The number of hydrogen-bond acceptors (Lipinski definition) is 6. The molecule has 1 aliphatic heterocycles. The van der Waals surface area contributed by atoms with Crippen LogP contribution in [0.25, 0.3) is 0 Å². The number of carbonyl (C=O) groups is 1. The predicted octanol–water partition coefficient (Wildman–Crippen LogP) is 6.33. The molecule has 0 saturated heterocycles. The minimum Gasteiger partial charge on any atom is -0.312 e. The Bertz CT molecular complexity index is 1660. The molecule has 1 N–H and O–H groups in total. The van der Waals surface area contributed by atoms with Crippen LogP contribution in [-0.2, 0) is 35.8 Å². The van der Waals surface area contributed by atoms with E-state index in [2.05, 4.69) is 41.1 Å². The first-order valence-electron chi connectivity index (χ1n) is 13.3. The summed E-state index contributed by atoms with van der Waals surface area (Å²) in [4.78, 5) is 16.2. The van der Waals surface area contributed by atoms with Crippen molar-refractivity contribution in [3.63, 3.8) is 0 Å². The van der Waals surface area contributed by atoms with E-state index in [1.807, 2.05) is 0 Å². The molecule has 5 rings (SSSR count). The zero-order valence-electron chi connectivity index (χ0n) is 22.9. The van der Waals surface area contributed by atoms with Gasteiger partial charge in [-0.3, -0.25) is 9.69 Å². The third-order valence-electron chi connectivity index (χ3n) is 7.83. The second-order valence-corrected chi connectivity index (χ2v) is 15.4. The van der Waals surface area contributed by atoms with Crippen LogP contribution in [0.5, 0.6) is 0 Å². The molecule has 2 heterocycles. The van der Waals surface area contributed by atoms with E-state index >= 15 is 0 Å². The highest BCUT2D eigenvalue weighted by Gasteiger charge is 2.35. The Kier molecular flexibility index (Phi) is 7.47. The average Bonchev–Trinajstić information content (AvgIpc) is 3.47. The number of fused-ring (bicyclic) bond motifs is 2. The summed E-state index contributed by atoms with van der Waals surface area (Å²) in [7, 11) is -3.46. The fourth-order valence-electron chi connectivity index (χ4n) is 5.65. The summed E-state index contributed by atoms with van der Waals surface area (Å²) >= 11 is 1.40. The number of nitrogens with zero attached hydrogens (tertiary/aromatic N) is 2. The molecule has 40 heavy (non-hydrogen) atoms. The van der Waals surface area contributed by atoms with Gasteiger partial charge in [0.15, 0.2) is 9.84 Å². The number of thiophene rings is 1. The molecule has 2 aromatic carbocycles. The van der Waals surface area contributed by atoms with Crippen molar-refractivity contribution in [3.8, 4) is 6.07 Å². The number of nitriles is 1. The van der Waals surface area contributed by atoms with Gasteiger partial charge in [-0.05, 0) is 80.3 Å². The van der Waals surface area contributed by atoms with Gasteiger partial charge in [-0.15, -0.1) is 11.3 Å². The van der Waals surface area contributed by atoms with Crippen molar-refractivity contribution in [2.75, 3.05) is 11.9 Å². The Hall–Kier alpha value is -3.32. The van der Waals surface area contributed by atoms with Crippen molar-refractivity contribution >= 4 is 32.1 Å². The summed E-state index contributed by atoms with van der Waals surface area (Å²) in [6, 6.07) is 14.4. The van der Waals surface area contributed by atoms with E-state index < -0.39 is 26.3 Å². The number of nitrogens with one attached hydrogen (secondary N) is 1. The maximum absolute atomic E-state index is 14.1. The van der Waals surface area contributed by atoms with Crippen LogP contribution in [0, 0.1) is 17.1 Å². The third-order valence-corrected chi connectivity index (χ3v) is 11.5. The summed E-state index contributed by atoms with van der Waals surface area (Å²) in [5.74, 6) is -0.934. The molecule has 9 heteroatoms. The Labute approximate surface area is 239 Å². The average molecular weight is 578 g/mol. The van der Waals surface area contributed by atoms with Gasteiger partial charge in [-0.25, -0.2) is 12.8 Å². The van der Waals surface area contributed by atoms with Gasteiger partial charge in [0, 0.05) is 24.5 Å². The molecule has 1 amide bonds. The first kappa shape index (κ1) is 28.2. The van der Waals surface area contributed by atoms with Crippen molar-refractivity contribution in [2.45, 2.75) is 63.8 Å². The first-order valence-corrected chi connectivity index (χ1v) is 15.6. The highest BCUT2D eigenvalue weighted by molar-refractivity contribution is 7.96. The summed E-state index contributed by atoms with van der Waals surface area (Å²) in [5.41, 5.74) is 5.06. The maximum Gasteiger partial charge on any atom is 0.259 e. The van der Waals surface area contributed by atoms with E-state index in [-0.39, 0.29) is 16.4 Å². The Morgan fingerprint density at radius 2 is 1.93 bits per heavy atom. The van der Waals surface area contributed by atoms with Crippen molar-refractivity contribution in [1.29, 1.82) is 5.26 Å². The lowest BCUT2D eigenvalue weighted by atomic mass is 9.80. The number of hydrogen-bond donors (Lipinski definition) is 1. The van der Waals surface area contributed by atoms with Crippen LogP contribution < -0.4 is 5.32 Å². The number of rotatable bonds is 6. The summed E-state index contributed by atoms with van der Waals surface area (Å²) < 4.78 is 39.0. The van der Waals surface area contributed by atoms with E-state index in [1.165, 1.54) is 46.2 Å². The molecule has 6 nitrogen and oxygen atoms in total. The monoisotopic (exact) mass is 577 g/mol. The van der Waals surface area contributed by atoms with E-state index in [0.29, 0.717) is 36.6 Å². The van der Waals surface area contributed by atoms with Crippen LogP contribution in [0.15, 0.2) is 53.9 Å². The minimum atomic E-state index is -3.46. The molecule has 0 bridgehead atoms. The van der Waals surface area contributed by atoms with E-state index in [9.17, 15) is 22.9 Å². The highest BCUT2D eigenvalue weighted by atomic mass is 32.2. The zero-order valence-corrected chi connectivity index (χ0v) is 24.5. The van der Waals surface area contributed by atoms with Crippen LogP contribution in [0.1, 0.15) is 76.2 Å². The van der Waals surface area contributed by atoms with Crippen molar-refractivity contribution < 1.29 is 17.6 Å². The molecule has 0 radical (unpaired) electrons. The van der Waals surface area contributed by atoms with Crippen molar-refractivity contribution in [1.82, 2.24) is 4.90 Å². The molecule has 208 valence electrons. The molecular weight excluding hydrogens is 545 g/mol. The number of halogens is 1. The molecule has 1 atom stereocenters. The van der Waals surface area contributed by atoms with E-state index in [1.54, 1.807) is 26.8 Å². The number of anilines is 1. The summed E-state index contributed by atoms with van der Waals surface area (Å²) in [6.45, 7) is 10.6. The number of benzene rings is 2. The van der Waals surface area contributed by atoms with Gasteiger partial charge in [-0.2, -0.15) is 5.26 Å². The minimum absolute atomic E-state index is 0.0574. The molecule has 1 aliphatic carbocycles.